The van der Waals surface area contributed by atoms with Crippen LogP contribution in [0.3, 0.4) is 0 Å². The molecule has 2 rings (SSSR count). The summed E-state index contributed by atoms with van der Waals surface area (Å²) in [5.74, 6) is -0.00869. The molecule has 0 aromatic heterocycles. The highest BCUT2D eigenvalue weighted by Crippen LogP contribution is 2.41. The number of rotatable bonds is 6. The van der Waals surface area contributed by atoms with Crippen molar-refractivity contribution in [3.05, 3.63) is 11.3 Å². The minimum atomic E-state index is -1.04. The molecule has 0 aliphatic carbocycles. The van der Waals surface area contributed by atoms with Gasteiger partial charge in [-0.2, -0.15) is 0 Å². The van der Waals surface area contributed by atoms with Gasteiger partial charge < -0.3 is 5.11 Å². The summed E-state index contributed by atoms with van der Waals surface area (Å²) in [7, 11) is 0. The van der Waals surface area contributed by atoms with E-state index in [4.69, 9.17) is 0 Å². The van der Waals surface area contributed by atoms with Gasteiger partial charge in [-0.3, -0.25) is 14.7 Å². The van der Waals surface area contributed by atoms with Crippen molar-refractivity contribution in [1.29, 1.82) is 0 Å². The lowest BCUT2D eigenvalue weighted by Crippen LogP contribution is -2.64. The Morgan fingerprint density at radius 2 is 2.33 bits per heavy atom. The normalized spacial score (nSPS) is 25.5. The molecule has 0 saturated carbocycles. The summed E-state index contributed by atoms with van der Waals surface area (Å²) in [6.45, 7) is 4.29. The van der Waals surface area contributed by atoms with Gasteiger partial charge in [0.25, 0.3) is 5.91 Å². The van der Waals surface area contributed by atoms with Gasteiger partial charge in [0.2, 0.25) is 0 Å². The maximum atomic E-state index is 12.2. The van der Waals surface area contributed by atoms with Gasteiger partial charge in [-0.15, -0.1) is 11.8 Å². The van der Waals surface area contributed by atoms with Gasteiger partial charge in [-0.25, -0.2) is 4.79 Å². The SMILES string of the molecule is CC(C)CCC=N[C@@H]1C(=O)N2C(C(=O)O)=C(CBr)CS[C@H]12. The Balaban J connectivity index is 2.06. The second-order valence-electron chi connectivity index (χ2n) is 5.55. The fourth-order valence-electron chi connectivity index (χ4n) is 2.37. The van der Waals surface area contributed by atoms with E-state index in [1.807, 2.05) is 6.21 Å². The molecule has 2 aliphatic heterocycles. The van der Waals surface area contributed by atoms with E-state index in [1.54, 1.807) is 11.8 Å². The molecule has 0 spiro atoms. The third-order valence-electron chi connectivity index (χ3n) is 3.52. The van der Waals surface area contributed by atoms with Gasteiger partial charge in [0.05, 0.1) is 0 Å². The van der Waals surface area contributed by atoms with Crippen LogP contribution in [-0.2, 0) is 9.59 Å². The molecule has 2 aliphatic rings. The first-order valence-electron chi connectivity index (χ1n) is 6.95. The van der Waals surface area contributed by atoms with E-state index >= 15 is 0 Å². The first kappa shape index (κ1) is 16.5. The van der Waals surface area contributed by atoms with Crippen LogP contribution in [-0.4, -0.2) is 50.6 Å². The number of carboxylic acid groups (broad SMARTS) is 1. The summed E-state index contributed by atoms with van der Waals surface area (Å²) in [4.78, 5) is 29.3. The number of hydrogen-bond acceptors (Lipinski definition) is 4. The molecule has 0 radical (unpaired) electrons. The maximum Gasteiger partial charge on any atom is 0.352 e. The van der Waals surface area contributed by atoms with E-state index in [1.165, 1.54) is 4.90 Å². The monoisotopic (exact) mass is 374 g/mol. The van der Waals surface area contributed by atoms with E-state index in [-0.39, 0.29) is 17.0 Å². The second kappa shape index (κ2) is 6.96. The molecule has 0 aromatic carbocycles. The average Bonchev–Trinajstić information content (AvgIpc) is 2.44. The quantitative estimate of drug-likeness (QED) is 0.440. The van der Waals surface area contributed by atoms with Crippen molar-refractivity contribution in [1.82, 2.24) is 4.90 Å². The summed E-state index contributed by atoms with van der Waals surface area (Å²) < 4.78 is 0. The maximum absolute atomic E-state index is 12.2. The molecule has 116 valence electrons. The third-order valence-corrected chi connectivity index (χ3v) is 5.52. The number of halogens is 1. The van der Waals surface area contributed by atoms with Crippen molar-refractivity contribution in [3.8, 4) is 0 Å². The molecule has 0 bridgehead atoms. The minimum absolute atomic E-state index is 0.134. The van der Waals surface area contributed by atoms with Gasteiger partial charge in [0.15, 0.2) is 6.04 Å². The molecule has 2 heterocycles. The molecular weight excluding hydrogens is 356 g/mol. The molecule has 21 heavy (non-hydrogen) atoms. The Morgan fingerprint density at radius 1 is 1.62 bits per heavy atom. The first-order valence-corrected chi connectivity index (χ1v) is 9.12. The van der Waals surface area contributed by atoms with Gasteiger partial charge in [-0.1, -0.05) is 29.8 Å². The summed E-state index contributed by atoms with van der Waals surface area (Å²) in [5, 5.41) is 9.63. The molecule has 0 unspecified atom stereocenters. The zero-order valence-electron chi connectivity index (χ0n) is 12.1. The number of thioether (sulfide) groups is 1. The van der Waals surface area contributed by atoms with Crippen molar-refractivity contribution in [2.75, 3.05) is 11.1 Å². The highest BCUT2D eigenvalue weighted by molar-refractivity contribution is 9.09. The number of hydrogen-bond donors (Lipinski definition) is 1. The van der Waals surface area contributed by atoms with Crippen LogP contribution in [0.15, 0.2) is 16.3 Å². The number of aliphatic imine (C=N–C) groups is 1. The van der Waals surface area contributed by atoms with Crippen LogP contribution in [0.1, 0.15) is 26.7 Å². The molecule has 1 amide bonds. The summed E-state index contributed by atoms with van der Waals surface area (Å²) in [6.07, 6.45) is 3.71. The van der Waals surface area contributed by atoms with Crippen LogP contribution in [0.5, 0.6) is 0 Å². The zero-order chi connectivity index (χ0) is 15.6. The van der Waals surface area contributed by atoms with E-state index in [2.05, 4.69) is 34.8 Å². The van der Waals surface area contributed by atoms with Gasteiger partial charge in [-0.05, 0) is 30.5 Å². The molecule has 1 N–H and O–H groups in total. The van der Waals surface area contributed by atoms with Crippen molar-refractivity contribution in [3.63, 3.8) is 0 Å². The van der Waals surface area contributed by atoms with Crippen LogP contribution >= 0.6 is 27.7 Å². The lowest BCUT2D eigenvalue weighted by Gasteiger charge is -2.47. The Labute approximate surface area is 137 Å². The minimum Gasteiger partial charge on any atom is -0.477 e. The standard InChI is InChI=1S/C14H19BrN2O3S/c1-8(2)4-3-5-16-10-12(18)17-11(14(19)20)9(6-15)7-21-13(10)17/h5,8,10,13H,3-4,6-7H2,1-2H3,(H,19,20)/t10-,13-/m1/s1. The number of fused-ring (bicyclic) bond motifs is 1. The Kier molecular flexibility index (Phi) is 5.48. The fraction of sp³-hybridized carbons (Fsp3) is 0.643. The Morgan fingerprint density at radius 3 is 2.90 bits per heavy atom. The smallest absolute Gasteiger partial charge is 0.352 e. The molecule has 5 nitrogen and oxygen atoms in total. The second-order valence-corrected chi connectivity index (χ2v) is 7.21. The highest BCUT2D eigenvalue weighted by Gasteiger charge is 2.53. The number of amides is 1. The number of aliphatic carboxylic acids is 1. The number of nitrogens with zero attached hydrogens (tertiary/aromatic N) is 2. The Hall–Kier alpha value is -0.820. The number of carbonyl (C=O) groups is 2. The molecule has 0 aromatic rings. The lowest BCUT2D eigenvalue weighted by atomic mass is 10.0. The van der Waals surface area contributed by atoms with E-state index in [9.17, 15) is 14.7 Å². The van der Waals surface area contributed by atoms with Gasteiger partial charge >= 0.3 is 5.97 Å². The summed E-state index contributed by atoms with van der Waals surface area (Å²) in [6, 6.07) is -0.423. The predicted molar refractivity (Wildman–Crippen MR) is 87.9 cm³/mol. The zero-order valence-corrected chi connectivity index (χ0v) is 14.5. The van der Waals surface area contributed by atoms with Crippen LogP contribution < -0.4 is 0 Å². The van der Waals surface area contributed by atoms with E-state index in [0.717, 1.165) is 18.4 Å². The van der Waals surface area contributed by atoms with Crippen LogP contribution in [0.25, 0.3) is 0 Å². The van der Waals surface area contributed by atoms with Crippen molar-refractivity contribution in [2.45, 2.75) is 38.1 Å². The predicted octanol–water partition coefficient (Wildman–Crippen LogP) is 2.51. The number of carbonyl (C=O) groups excluding carboxylic acids is 1. The fourth-order valence-corrected chi connectivity index (χ4v) is 4.43. The number of β-lactam (4-membered cyclic amide) rings is 1. The molecular formula is C14H19BrN2O3S. The van der Waals surface area contributed by atoms with Crippen LogP contribution in [0.2, 0.25) is 0 Å². The van der Waals surface area contributed by atoms with E-state index in [0.29, 0.717) is 17.0 Å². The van der Waals surface area contributed by atoms with Crippen molar-refractivity contribution in [2.24, 2.45) is 10.9 Å². The highest BCUT2D eigenvalue weighted by atomic mass is 79.9. The van der Waals surface area contributed by atoms with Gasteiger partial charge in [0, 0.05) is 11.1 Å². The molecule has 1 saturated heterocycles. The van der Waals surface area contributed by atoms with Crippen molar-refractivity contribution < 1.29 is 14.7 Å². The number of alkyl halides is 1. The summed E-state index contributed by atoms with van der Waals surface area (Å²) in [5.41, 5.74) is 0.883. The molecule has 7 heteroatoms. The Bertz CT molecular complexity index is 504. The molecule has 1 fully saturated rings. The lowest BCUT2D eigenvalue weighted by molar-refractivity contribution is -0.147. The summed E-state index contributed by atoms with van der Waals surface area (Å²) >= 11 is 4.87. The molecule has 2 atom stereocenters. The number of carboxylic acids is 1. The topological polar surface area (TPSA) is 70.0 Å². The van der Waals surface area contributed by atoms with Crippen LogP contribution in [0, 0.1) is 5.92 Å². The third kappa shape index (κ3) is 3.34. The van der Waals surface area contributed by atoms with Crippen molar-refractivity contribution >= 4 is 45.8 Å². The largest absolute Gasteiger partial charge is 0.477 e. The first-order chi connectivity index (χ1) is 9.97. The van der Waals surface area contributed by atoms with Gasteiger partial charge in [0.1, 0.15) is 11.1 Å². The average molecular weight is 375 g/mol. The van der Waals surface area contributed by atoms with Crippen LogP contribution in [0.4, 0.5) is 0 Å². The van der Waals surface area contributed by atoms with E-state index < -0.39 is 12.0 Å².